The quantitative estimate of drug-likeness (QED) is 0.745. The van der Waals surface area contributed by atoms with Gasteiger partial charge in [-0.15, -0.1) is 0 Å². The van der Waals surface area contributed by atoms with Crippen LogP contribution in [0.2, 0.25) is 0 Å². The molecule has 0 aromatic carbocycles. The Kier molecular flexibility index (Phi) is 6.46. The van der Waals surface area contributed by atoms with E-state index in [1.807, 2.05) is 19.1 Å². The van der Waals surface area contributed by atoms with Crippen LogP contribution in [0.1, 0.15) is 25.3 Å². The van der Waals surface area contributed by atoms with Crippen molar-refractivity contribution < 1.29 is 9.59 Å². The molecule has 0 spiro atoms. The number of hydrogen-bond donors (Lipinski definition) is 2. The van der Waals surface area contributed by atoms with E-state index >= 15 is 0 Å². The van der Waals surface area contributed by atoms with Gasteiger partial charge in [-0.05, 0) is 24.5 Å². The van der Waals surface area contributed by atoms with Crippen molar-refractivity contribution in [3.63, 3.8) is 0 Å². The van der Waals surface area contributed by atoms with Crippen LogP contribution in [0.25, 0.3) is 0 Å². The van der Waals surface area contributed by atoms with Crippen LogP contribution in [-0.4, -0.2) is 29.9 Å². The molecule has 0 fully saturated rings. The number of amides is 2. The fraction of sp³-hybridized carbons (Fsp3) is 0.462. The first-order valence-electron chi connectivity index (χ1n) is 6.14. The molecule has 98 valence electrons. The molecule has 0 aliphatic carbocycles. The molecule has 1 heterocycles. The van der Waals surface area contributed by atoms with E-state index in [9.17, 15) is 9.59 Å². The van der Waals surface area contributed by atoms with E-state index in [1.165, 1.54) is 0 Å². The van der Waals surface area contributed by atoms with Crippen LogP contribution in [0.3, 0.4) is 0 Å². The highest BCUT2D eigenvalue weighted by Crippen LogP contribution is 1.99. The summed E-state index contributed by atoms with van der Waals surface area (Å²) in [4.78, 5) is 26.7. The zero-order valence-electron chi connectivity index (χ0n) is 10.6. The van der Waals surface area contributed by atoms with Crippen molar-refractivity contribution >= 4 is 11.8 Å². The van der Waals surface area contributed by atoms with Gasteiger partial charge < -0.3 is 10.6 Å². The number of aromatic nitrogens is 1. The van der Waals surface area contributed by atoms with Crippen LogP contribution in [0, 0.1) is 0 Å². The smallest absolute Gasteiger partial charge is 0.239 e. The summed E-state index contributed by atoms with van der Waals surface area (Å²) in [6.07, 6.45) is 5.33. The molecule has 0 aliphatic heterocycles. The maximum absolute atomic E-state index is 11.5. The van der Waals surface area contributed by atoms with E-state index in [1.54, 1.807) is 12.4 Å². The van der Waals surface area contributed by atoms with Crippen molar-refractivity contribution in [2.45, 2.75) is 26.2 Å². The van der Waals surface area contributed by atoms with Crippen molar-refractivity contribution in [1.29, 1.82) is 0 Å². The first kappa shape index (κ1) is 14.2. The van der Waals surface area contributed by atoms with Crippen molar-refractivity contribution in [2.24, 2.45) is 0 Å². The average Bonchev–Trinajstić information content (AvgIpc) is 2.41. The van der Waals surface area contributed by atoms with Crippen molar-refractivity contribution in [2.75, 3.05) is 13.1 Å². The van der Waals surface area contributed by atoms with E-state index in [2.05, 4.69) is 15.6 Å². The summed E-state index contributed by atoms with van der Waals surface area (Å²) in [6.45, 7) is 2.67. The third-order valence-electron chi connectivity index (χ3n) is 2.38. The first-order chi connectivity index (χ1) is 8.72. The molecule has 1 aromatic rings. The lowest BCUT2D eigenvalue weighted by atomic mass is 10.1. The summed E-state index contributed by atoms with van der Waals surface area (Å²) in [5.41, 5.74) is 1.02. The van der Waals surface area contributed by atoms with Crippen LogP contribution in [0.4, 0.5) is 0 Å². The predicted molar refractivity (Wildman–Crippen MR) is 68.9 cm³/mol. The van der Waals surface area contributed by atoms with E-state index in [4.69, 9.17) is 0 Å². The minimum Gasteiger partial charge on any atom is -0.355 e. The maximum atomic E-state index is 11.5. The third kappa shape index (κ3) is 5.98. The summed E-state index contributed by atoms with van der Waals surface area (Å²) < 4.78 is 0. The van der Waals surface area contributed by atoms with Crippen molar-refractivity contribution in [1.82, 2.24) is 15.6 Å². The molecular weight excluding hydrogens is 230 g/mol. The van der Waals surface area contributed by atoms with Gasteiger partial charge in [-0.3, -0.25) is 14.6 Å². The number of rotatable bonds is 7. The van der Waals surface area contributed by atoms with Crippen LogP contribution >= 0.6 is 0 Å². The number of carbonyl (C=O) groups is 2. The molecule has 1 aromatic heterocycles. The molecule has 0 saturated carbocycles. The summed E-state index contributed by atoms with van der Waals surface area (Å²) in [6, 6.07) is 3.76. The van der Waals surface area contributed by atoms with E-state index in [0.29, 0.717) is 19.4 Å². The zero-order valence-corrected chi connectivity index (χ0v) is 10.6. The topological polar surface area (TPSA) is 71.1 Å². The summed E-state index contributed by atoms with van der Waals surface area (Å²) in [5, 5.41) is 5.29. The summed E-state index contributed by atoms with van der Waals surface area (Å²) in [7, 11) is 0. The third-order valence-corrected chi connectivity index (χ3v) is 2.38. The van der Waals surface area contributed by atoms with Gasteiger partial charge in [0, 0.05) is 25.4 Å². The lowest BCUT2D eigenvalue weighted by Gasteiger charge is -2.05. The Hall–Kier alpha value is -1.91. The molecule has 0 saturated heterocycles. The molecule has 18 heavy (non-hydrogen) atoms. The first-order valence-corrected chi connectivity index (χ1v) is 6.14. The minimum absolute atomic E-state index is 0.0475. The Balaban J connectivity index is 2.16. The van der Waals surface area contributed by atoms with Gasteiger partial charge >= 0.3 is 0 Å². The lowest BCUT2D eigenvalue weighted by Crippen LogP contribution is -2.37. The Bertz CT molecular complexity index is 379. The Morgan fingerprint density at radius 2 is 2.11 bits per heavy atom. The highest BCUT2D eigenvalue weighted by Gasteiger charge is 2.05. The number of aryl methyl sites for hydroxylation is 1. The zero-order chi connectivity index (χ0) is 13.2. The molecular formula is C13H19N3O2. The lowest BCUT2D eigenvalue weighted by molar-refractivity contribution is -0.126. The predicted octanol–water partition coefficient (Wildman–Crippen LogP) is 0.657. The highest BCUT2D eigenvalue weighted by molar-refractivity contribution is 5.84. The van der Waals surface area contributed by atoms with Gasteiger partial charge in [0.25, 0.3) is 0 Å². The number of nitrogens with one attached hydrogen (secondary N) is 2. The minimum atomic E-state index is -0.147. The normalized spacial score (nSPS) is 9.83. The fourth-order valence-corrected chi connectivity index (χ4v) is 1.40. The molecule has 0 bridgehead atoms. The standard InChI is InChI=1S/C13H19N3O2/c1-2-7-15-13(18)10-16-12(17)6-5-11-4-3-8-14-9-11/h3-4,8-9H,2,5-7,10H2,1H3,(H,15,18)(H,16,17). The molecule has 2 N–H and O–H groups in total. The van der Waals surface area contributed by atoms with Gasteiger partial charge in [0.05, 0.1) is 6.54 Å². The monoisotopic (exact) mass is 249 g/mol. The second-order valence-electron chi connectivity index (χ2n) is 3.99. The second-order valence-corrected chi connectivity index (χ2v) is 3.99. The fourth-order valence-electron chi connectivity index (χ4n) is 1.40. The number of hydrogen-bond acceptors (Lipinski definition) is 3. The largest absolute Gasteiger partial charge is 0.355 e. The molecule has 5 nitrogen and oxygen atoms in total. The van der Waals surface area contributed by atoms with Crippen LogP contribution in [0.5, 0.6) is 0 Å². The van der Waals surface area contributed by atoms with Gasteiger partial charge in [0.2, 0.25) is 11.8 Å². The second kappa shape index (κ2) is 8.22. The number of nitrogens with zero attached hydrogens (tertiary/aromatic N) is 1. The molecule has 0 aliphatic rings. The Morgan fingerprint density at radius 3 is 2.78 bits per heavy atom. The van der Waals surface area contributed by atoms with Gasteiger partial charge in [-0.25, -0.2) is 0 Å². The van der Waals surface area contributed by atoms with E-state index in [0.717, 1.165) is 12.0 Å². The van der Waals surface area contributed by atoms with Crippen LogP contribution < -0.4 is 10.6 Å². The molecule has 0 atom stereocenters. The average molecular weight is 249 g/mol. The van der Waals surface area contributed by atoms with Gasteiger partial charge in [-0.2, -0.15) is 0 Å². The van der Waals surface area contributed by atoms with Crippen LogP contribution in [0.15, 0.2) is 24.5 Å². The molecule has 2 amide bonds. The Labute approximate surface area is 107 Å². The highest BCUT2D eigenvalue weighted by atomic mass is 16.2. The van der Waals surface area contributed by atoms with Gasteiger partial charge in [0.15, 0.2) is 0 Å². The summed E-state index contributed by atoms with van der Waals surface area (Å²) in [5.74, 6) is -0.267. The van der Waals surface area contributed by atoms with Crippen molar-refractivity contribution in [3.05, 3.63) is 30.1 Å². The molecule has 1 rings (SSSR count). The number of pyridine rings is 1. The van der Waals surface area contributed by atoms with Crippen LogP contribution in [-0.2, 0) is 16.0 Å². The maximum Gasteiger partial charge on any atom is 0.239 e. The summed E-state index contributed by atoms with van der Waals surface area (Å²) >= 11 is 0. The van der Waals surface area contributed by atoms with Crippen molar-refractivity contribution in [3.8, 4) is 0 Å². The molecule has 0 radical (unpaired) electrons. The van der Waals surface area contributed by atoms with Gasteiger partial charge in [-0.1, -0.05) is 13.0 Å². The van der Waals surface area contributed by atoms with Gasteiger partial charge in [0.1, 0.15) is 0 Å². The van der Waals surface area contributed by atoms with E-state index in [-0.39, 0.29) is 18.4 Å². The molecule has 0 unspecified atom stereocenters. The number of carbonyl (C=O) groups excluding carboxylic acids is 2. The SMILES string of the molecule is CCCNC(=O)CNC(=O)CCc1cccnc1. The van der Waals surface area contributed by atoms with E-state index < -0.39 is 0 Å². The Morgan fingerprint density at radius 1 is 1.28 bits per heavy atom. The molecule has 5 heteroatoms.